The first-order valence-electron chi connectivity index (χ1n) is 5.19. The second-order valence-electron chi connectivity index (χ2n) is 3.76. The normalized spacial score (nSPS) is 25.8. The first kappa shape index (κ1) is 9.40. The van der Waals surface area contributed by atoms with Crippen LogP contribution in [-0.2, 0) is 4.74 Å². The van der Waals surface area contributed by atoms with Crippen molar-refractivity contribution in [3.05, 3.63) is 0 Å². The average molecular weight is 185 g/mol. The zero-order valence-electron chi connectivity index (χ0n) is 8.09. The largest absolute Gasteiger partial charge is 0.379 e. The van der Waals surface area contributed by atoms with Gasteiger partial charge in [-0.2, -0.15) is 0 Å². The lowest BCUT2D eigenvalue weighted by Crippen LogP contribution is -2.56. The Labute approximate surface area is 79.6 Å². The van der Waals surface area contributed by atoms with Gasteiger partial charge in [-0.25, -0.2) is 0 Å². The molecule has 0 aromatic heterocycles. The van der Waals surface area contributed by atoms with Crippen LogP contribution in [-0.4, -0.2) is 63.4 Å². The maximum Gasteiger partial charge on any atom is 0.0594 e. The van der Waals surface area contributed by atoms with Gasteiger partial charge < -0.3 is 15.4 Å². The lowest BCUT2D eigenvalue weighted by atomic mass is 10.2. The van der Waals surface area contributed by atoms with E-state index >= 15 is 0 Å². The molecule has 0 radical (unpaired) electrons. The Balaban J connectivity index is 1.50. The van der Waals surface area contributed by atoms with E-state index in [0.717, 1.165) is 52.0 Å². The van der Waals surface area contributed by atoms with Crippen LogP contribution in [0.5, 0.6) is 0 Å². The quantitative estimate of drug-likeness (QED) is 0.582. The third-order valence-electron chi connectivity index (χ3n) is 2.75. The highest BCUT2D eigenvalue weighted by Gasteiger charge is 2.16. The van der Waals surface area contributed by atoms with Gasteiger partial charge in [0, 0.05) is 45.3 Å². The van der Waals surface area contributed by atoms with E-state index < -0.39 is 0 Å². The Bertz CT molecular complexity index is 144. The fraction of sp³-hybridized carbons (Fsp3) is 1.00. The van der Waals surface area contributed by atoms with E-state index in [0.29, 0.717) is 0 Å². The molecule has 0 amide bonds. The van der Waals surface area contributed by atoms with E-state index in [4.69, 9.17) is 4.74 Å². The Kier molecular flexibility index (Phi) is 3.55. The number of morpholine rings is 1. The van der Waals surface area contributed by atoms with Crippen LogP contribution in [0.25, 0.3) is 0 Å². The maximum atomic E-state index is 5.29. The Morgan fingerprint density at radius 1 is 1.31 bits per heavy atom. The molecule has 2 fully saturated rings. The molecular formula is C9H19N3O. The number of rotatable bonds is 4. The van der Waals surface area contributed by atoms with Crippen molar-refractivity contribution in [3.8, 4) is 0 Å². The van der Waals surface area contributed by atoms with Crippen LogP contribution in [0.1, 0.15) is 0 Å². The third kappa shape index (κ3) is 2.91. The summed E-state index contributed by atoms with van der Waals surface area (Å²) < 4.78 is 5.29. The van der Waals surface area contributed by atoms with Crippen LogP contribution < -0.4 is 10.6 Å². The molecule has 0 aromatic carbocycles. The highest BCUT2D eigenvalue weighted by molar-refractivity contribution is 4.81. The first-order valence-corrected chi connectivity index (χ1v) is 5.19. The van der Waals surface area contributed by atoms with Gasteiger partial charge in [-0.3, -0.25) is 4.90 Å². The van der Waals surface area contributed by atoms with E-state index in [1.807, 2.05) is 0 Å². The summed E-state index contributed by atoms with van der Waals surface area (Å²) in [6.07, 6.45) is 0. The highest BCUT2D eigenvalue weighted by atomic mass is 16.5. The number of ether oxygens (including phenoxy) is 1. The maximum absolute atomic E-state index is 5.29. The van der Waals surface area contributed by atoms with Crippen molar-refractivity contribution < 1.29 is 4.74 Å². The SMILES string of the molecule is C(CN1CCOCC1)NC1CNC1. The Morgan fingerprint density at radius 3 is 2.69 bits per heavy atom. The molecular weight excluding hydrogens is 166 g/mol. The Hall–Kier alpha value is -0.160. The molecule has 2 aliphatic rings. The van der Waals surface area contributed by atoms with Crippen molar-refractivity contribution in [3.63, 3.8) is 0 Å². The number of nitrogens with zero attached hydrogens (tertiary/aromatic N) is 1. The van der Waals surface area contributed by atoms with E-state index in [-0.39, 0.29) is 0 Å². The summed E-state index contributed by atoms with van der Waals surface area (Å²) in [5.74, 6) is 0. The van der Waals surface area contributed by atoms with Crippen LogP contribution in [0.15, 0.2) is 0 Å². The molecule has 0 unspecified atom stereocenters. The molecule has 0 spiro atoms. The van der Waals surface area contributed by atoms with Crippen LogP contribution >= 0.6 is 0 Å². The standard InChI is InChI=1S/C9H19N3O/c1(11-9-7-10-8-9)2-12-3-5-13-6-4-12/h9-11H,1-8H2. The van der Waals surface area contributed by atoms with Crippen molar-refractivity contribution in [1.29, 1.82) is 0 Å². The van der Waals surface area contributed by atoms with Crippen molar-refractivity contribution in [2.45, 2.75) is 6.04 Å². The zero-order chi connectivity index (χ0) is 8.93. The molecule has 4 nitrogen and oxygen atoms in total. The van der Waals surface area contributed by atoms with Gasteiger partial charge in [0.2, 0.25) is 0 Å². The predicted octanol–water partition coefficient (Wildman–Crippen LogP) is -1.12. The smallest absolute Gasteiger partial charge is 0.0594 e. The molecule has 0 aliphatic carbocycles. The van der Waals surface area contributed by atoms with Crippen molar-refractivity contribution in [2.75, 3.05) is 52.5 Å². The second kappa shape index (κ2) is 4.91. The molecule has 76 valence electrons. The molecule has 0 atom stereocenters. The molecule has 0 saturated carbocycles. The van der Waals surface area contributed by atoms with Gasteiger partial charge in [-0.1, -0.05) is 0 Å². The molecule has 2 N–H and O–H groups in total. The molecule has 0 bridgehead atoms. The first-order chi connectivity index (χ1) is 6.45. The Morgan fingerprint density at radius 2 is 2.08 bits per heavy atom. The summed E-state index contributed by atoms with van der Waals surface area (Å²) in [6, 6.07) is 0.723. The molecule has 4 heteroatoms. The number of hydrogen-bond acceptors (Lipinski definition) is 4. The van der Waals surface area contributed by atoms with Gasteiger partial charge in [0.1, 0.15) is 0 Å². The molecule has 2 saturated heterocycles. The predicted molar refractivity (Wildman–Crippen MR) is 51.9 cm³/mol. The van der Waals surface area contributed by atoms with Gasteiger partial charge in [-0.15, -0.1) is 0 Å². The average Bonchev–Trinajstić information content (AvgIpc) is 2.11. The van der Waals surface area contributed by atoms with Gasteiger partial charge in [0.05, 0.1) is 13.2 Å². The summed E-state index contributed by atoms with van der Waals surface area (Å²) in [5.41, 5.74) is 0. The van der Waals surface area contributed by atoms with Crippen LogP contribution in [0.2, 0.25) is 0 Å². The van der Waals surface area contributed by atoms with E-state index in [9.17, 15) is 0 Å². The van der Waals surface area contributed by atoms with E-state index in [2.05, 4.69) is 15.5 Å². The van der Waals surface area contributed by atoms with E-state index in [1.54, 1.807) is 0 Å². The summed E-state index contributed by atoms with van der Waals surface area (Å²) in [7, 11) is 0. The minimum absolute atomic E-state index is 0.723. The van der Waals surface area contributed by atoms with Gasteiger partial charge in [0.25, 0.3) is 0 Å². The zero-order valence-corrected chi connectivity index (χ0v) is 8.09. The topological polar surface area (TPSA) is 36.5 Å². The molecule has 2 heterocycles. The van der Waals surface area contributed by atoms with Gasteiger partial charge >= 0.3 is 0 Å². The second-order valence-corrected chi connectivity index (χ2v) is 3.76. The van der Waals surface area contributed by atoms with Crippen LogP contribution in [0.3, 0.4) is 0 Å². The van der Waals surface area contributed by atoms with Crippen molar-refractivity contribution in [2.24, 2.45) is 0 Å². The van der Waals surface area contributed by atoms with Crippen LogP contribution in [0.4, 0.5) is 0 Å². The third-order valence-corrected chi connectivity index (χ3v) is 2.75. The summed E-state index contributed by atoms with van der Waals surface area (Å²) in [5, 5.41) is 6.77. The number of hydrogen-bond donors (Lipinski definition) is 2. The van der Waals surface area contributed by atoms with Crippen LogP contribution in [0, 0.1) is 0 Å². The van der Waals surface area contributed by atoms with E-state index in [1.165, 1.54) is 6.54 Å². The molecule has 2 aliphatic heterocycles. The highest BCUT2D eigenvalue weighted by Crippen LogP contribution is 1.95. The number of nitrogens with one attached hydrogen (secondary N) is 2. The summed E-state index contributed by atoms with van der Waals surface area (Å²) >= 11 is 0. The lowest BCUT2D eigenvalue weighted by Gasteiger charge is -2.31. The van der Waals surface area contributed by atoms with Crippen molar-refractivity contribution >= 4 is 0 Å². The minimum atomic E-state index is 0.723. The summed E-state index contributed by atoms with van der Waals surface area (Å²) in [4.78, 5) is 2.46. The summed E-state index contributed by atoms with van der Waals surface area (Å²) in [6.45, 7) is 8.59. The minimum Gasteiger partial charge on any atom is -0.379 e. The van der Waals surface area contributed by atoms with Crippen molar-refractivity contribution in [1.82, 2.24) is 15.5 Å². The van der Waals surface area contributed by atoms with Gasteiger partial charge in [0.15, 0.2) is 0 Å². The van der Waals surface area contributed by atoms with Gasteiger partial charge in [-0.05, 0) is 0 Å². The fourth-order valence-corrected chi connectivity index (χ4v) is 1.68. The lowest BCUT2D eigenvalue weighted by molar-refractivity contribution is 0.0379. The molecule has 0 aromatic rings. The fourth-order valence-electron chi connectivity index (χ4n) is 1.68. The molecule has 13 heavy (non-hydrogen) atoms. The monoisotopic (exact) mass is 185 g/mol. The molecule has 2 rings (SSSR count).